The first kappa shape index (κ1) is 14.3. The van der Waals surface area contributed by atoms with E-state index in [4.69, 9.17) is 11.1 Å². The number of aromatic nitrogens is 4. The van der Waals surface area contributed by atoms with E-state index in [1.807, 2.05) is 30.3 Å². The molecule has 110 valence electrons. The zero-order valence-corrected chi connectivity index (χ0v) is 12.4. The summed E-state index contributed by atoms with van der Waals surface area (Å²) in [5.74, 6) is 6.77. The predicted molar refractivity (Wildman–Crippen MR) is 84.8 cm³/mol. The summed E-state index contributed by atoms with van der Waals surface area (Å²) in [7, 11) is 0. The van der Waals surface area contributed by atoms with Crippen LogP contribution < -0.4 is 11.3 Å². The van der Waals surface area contributed by atoms with Crippen LogP contribution >= 0.6 is 11.8 Å². The van der Waals surface area contributed by atoms with Crippen molar-refractivity contribution in [2.75, 3.05) is 5.43 Å². The highest BCUT2D eigenvalue weighted by Crippen LogP contribution is 2.27. The van der Waals surface area contributed by atoms with E-state index >= 15 is 0 Å². The fraction of sp³-hybridized carbons (Fsp3) is 0.143. The molecule has 3 aromatic rings. The molecule has 0 fully saturated rings. The molecule has 0 aliphatic heterocycles. The van der Waals surface area contributed by atoms with Crippen LogP contribution in [0.3, 0.4) is 0 Å². The standard InChI is InChI=1S/C14H13N7S/c15-7-6-10-11-12(19-16)17-14(18-13(11)21-20-10)22-8-9-4-2-1-3-5-9/h1-5H,6,8,16H2,(H2,17,18,19,20,21). The van der Waals surface area contributed by atoms with Gasteiger partial charge in [0.15, 0.2) is 16.6 Å². The van der Waals surface area contributed by atoms with Gasteiger partial charge in [-0.05, 0) is 5.56 Å². The Morgan fingerprint density at radius 2 is 2.09 bits per heavy atom. The van der Waals surface area contributed by atoms with Crippen LogP contribution in [0.15, 0.2) is 35.5 Å². The average Bonchev–Trinajstić information content (AvgIpc) is 2.97. The van der Waals surface area contributed by atoms with Crippen LogP contribution in [0.2, 0.25) is 0 Å². The van der Waals surface area contributed by atoms with Crippen molar-refractivity contribution in [2.45, 2.75) is 17.3 Å². The Labute approximate surface area is 130 Å². The van der Waals surface area contributed by atoms with Gasteiger partial charge in [-0.2, -0.15) is 10.4 Å². The lowest BCUT2D eigenvalue weighted by molar-refractivity contribution is 0.973. The molecule has 0 aliphatic rings. The second-order valence-electron chi connectivity index (χ2n) is 4.51. The normalized spacial score (nSPS) is 10.5. The van der Waals surface area contributed by atoms with Crippen LogP contribution in [0.5, 0.6) is 0 Å². The van der Waals surface area contributed by atoms with Gasteiger partial charge in [-0.3, -0.25) is 5.10 Å². The summed E-state index contributed by atoms with van der Waals surface area (Å²) < 4.78 is 0. The van der Waals surface area contributed by atoms with Crippen molar-refractivity contribution in [1.82, 2.24) is 20.2 Å². The maximum absolute atomic E-state index is 8.83. The first-order valence-corrected chi connectivity index (χ1v) is 7.55. The van der Waals surface area contributed by atoms with E-state index in [-0.39, 0.29) is 6.42 Å². The molecule has 0 unspecified atom stereocenters. The number of hydrazine groups is 1. The molecule has 3 rings (SSSR count). The third kappa shape index (κ3) is 2.86. The van der Waals surface area contributed by atoms with Crippen molar-refractivity contribution in [3.05, 3.63) is 41.6 Å². The number of thioether (sulfide) groups is 1. The van der Waals surface area contributed by atoms with Crippen molar-refractivity contribution in [1.29, 1.82) is 5.26 Å². The molecule has 2 heterocycles. The van der Waals surface area contributed by atoms with Crippen molar-refractivity contribution < 1.29 is 0 Å². The Morgan fingerprint density at radius 3 is 2.82 bits per heavy atom. The first-order valence-electron chi connectivity index (χ1n) is 6.57. The number of hydrogen-bond donors (Lipinski definition) is 3. The Kier molecular flexibility index (Phi) is 4.18. The molecule has 0 amide bonds. The fourth-order valence-electron chi connectivity index (χ4n) is 2.06. The van der Waals surface area contributed by atoms with Gasteiger partial charge in [-0.1, -0.05) is 42.1 Å². The maximum Gasteiger partial charge on any atom is 0.192 e. The molecule has 0 bridgehead atoms. The lowest BCUT2D eigenvalue weighted by Crippen LogP contribution is -2.10. The molecule has 2 aromatic heterocycles. The van der Waals surface area contributed by atoms with Gasteiger partial charge in [-0.25, -0.2) is 15.8 Å². The number of benzene rings is 1. The monoisotopic (exact) mass is 311 g/mol. The Morgan fingerprint density at radius 1 is 1.27 bits per heavy atom. The van der Waals surface area contributed by atoms with Crippen LogP contribution in [0, 0.1) is 11.3 Å². The molecule has 22 heavy (non-hydrogen) atoms. The van der Waals surface area contributed by atoms with Crippen molar-refractivity contribution >= 4 is 28.6 Å². The third-order valence-corrected chi connectivity index (χ3v) is 3.99. The molecule has 0 radical (unpaired) electrons. The fourth-order valence-corrected chi connectivity index (χ4v) is 2.86. The number of nitrogens with zero attached hydrogens (tertiary/aromatic N) is 4. The molecular formula is C14H13N7S. The van der Waals surface area contributed by atoms with Crippen molar-refractivity contribution in [3.8, 4) is 6.07 Å². The van der Waals surface area contributed by atoms with Crippen LogP contribution in [-0.4, -0.2) is 20.2 Å². The van der Waals surface area contributed by atoms with E-state index in [9.17, 15) is 0 Å². The second-order valence-corrected chi connectivity index (χ2v) is 5.45. The Bertz CT molecular complexity index is 822. The Hall–Kier alpha value is -2.63. The number of rotatable bonds is 5. The third-order valence-electron chi connectivity index (χ3n) is 3.07. The average molecular weight is 311 g/mol. The first-order chi connectivity index (χ1) is 10.8. The summed E-state index contributed by atoms with van der Waals surface area (Å²) in [4.78, 5) is 8.80. The highest BCUT2D eigenvalue weighted by Gasteiger charge is 2.14. The van der Waals surface area contributed by atoms with Crippen LogP contribution in [0.25, 0.3) is 11.0 Å². The maximum atomic E-state index is 8.83. The summed E-state index contributed by atoms with van der Waals surface area (Å²) in [5.41, 5.74) is 4.91. The van der Waals surface area contributed by atoms with E-state index in [1.54, 1.807) is 0 Å². The van der Waals surface area contributed by atoms with Crippen LogP contribution in [0.4, 0.5) is 5.82 Å². The quantitative estimate of drug-likeness (QED) is 0.285. The highest BCUT2D eigenvalue weighted by molar-refractivity contribution is 7.98. The van der Waals surface area contributed by atoms with Gasteiger partial charge in [0.05, 0.1) is 23.6 Å². The zero-order chi connectivity index (χ0) is 15.4. The molecule has 1 aromatic carbocycles. The second kappa shape index (κ2) is 6.43. The summed E-state index contributed by atoms with van der Waals surface area (Å²) in [6, 6.07) is 12.1. The molecule has 8 heteroatoms. The Balaban J connectivity index is 1.90. The summed E-state index contributed by atoms with van der Waals surface area (Å²) >= 11 is 1.50. The smallest absolute Gasteiger partial charge is 0.192 e. The number of hydrogen-bond acceptors (Lipinski definition) is 7. The molecule has 0 saturated carbocycles. The lowest BCUT2D eigenvalue weighted by Gasteiger charge is -2.05. The topological polar surface area (TPSA) is 116 Å². The minimum absolute atomic E-state index is 0.199. The molecule has 4 N–H and O–H groups in total. The highest BCUT2D eigenvalue weighted by atomic mass is 32.2. The molecule has 0 saturated heterocycles. The van der Waals surface area contributed by atoms with Gasteiger partial charge in [0.25, 0.3) is 0 Å². The number of nitrogen functional groups attached to an aromatic ring is 1. The molecule has 0 atom stereocenters. The van der Waals surface area contributed by atoms with Crippen LogP contribution in [-0.2, 0) is 12.2 Å². The van der Waals surface area contributed by atoms with Crippen LogP contribution in [0.1, 0.15) is 11.3 Å². The van der Waals surface area contributed by atoms with E-state index in [0.717, 1.165) is 5.75 Å². The number of nitriles is 1. The van der Waals surface area contributed by atoms with E-state index in [1.165, 1.54) is 17.3 Å². The number of nitrogens with two attached hydrogens (primary N) is 1. The van der Waals surface area contributed by atoms with Gasteiger partial charge in [0, 0.05) is 5.75 Å². The van der Waals surface area contributed by atoms with Crippen molar-refractivity contribution in [3.63, 3.8) is 0 Å². The molecule has 0 aliphatic carbocycles. The van der Waals surface area contributed by atoms with Gasteiger partial charge in [-0.15, -0.1) is 0 Å². The number of H-pyrrole nitrogens is 1. The molecule has 7 nitrogen and oxygen atoms in total. The number of anilines is 1. The van der Waals surface area contributed by atoms with Gasteiger partial charge in [0.1, 0.15) is 0 Å². The number of nitrogens with one attached hydrogen (secondary N) is 2. The minimum Gasteiger partial charge on any atom is -0.308 e. The SMILES string of the molecule is N#CCc1[nH]nc2nc(SCc3ccccc3)nc(NN)c12. The largest absolute Gasteiger partial charge is 0.308 e. The summed E-state index contributed by atoms with van der Waals surface area (Å²) in [6.07, 6.45) is 0.199. The van der Waals surface area contributed by atoms with E-state index in [2.05, 4.69) is 31.7 Å². The van der Waals surface area contributed by atoms with Crippen molar-refractivity contribution in [2.24, 2.45) is 5.84 Å². The van der Waals surface area contributed by atoms with Gasteiger partial charge in [0.2, 0.25) is 0 Å². The lowest BCUT2D eigenvalue weighted by atomic mass is 10.2. The van der Waals surface area contributed by atoms with Gasteiger partial charge < -0.3 is 5.43 Å². The van der Waals surface area contributed by atoms with E-state index in [0.29, 0.717) is 27.7 Å². The summed E-state index contributed by atoms with van der Waals surface area (Å²) in [5, 5.41) is 17.0. The predicted octanol–water partition coefficient (Wildman–Crippen LogP) is 2.00. The number of fused-ring (bicyclic) bond motifs is 1. The summed E-state index contributed by atoms with van der Waals surface area (Å²) in [6.45, 7) is 0. The number of aromatic amines is 1. The molecule has 0 spiro atoms. The zero-order valence-electron chi connectivity index (χ0n) is 11.6. The van der Waals surface area contributed by atoms with E-state index < -0.39 is 0 Å². The minimum atomic E-state index is 0.199. The molecular weight excluding hydrogens is 298 g/mol. The van der Waals surface area contributed by atoms with Gasteiger partial charge >= 0.3 is 0 Å².